The number of para-hydroxylation sites is 1. The molecule has 2 aromatic heterocycles. The van der Waals surface area contributed by atoms with Gasteiger partial charge in [0, 0.05) is 75.9 Å². The molecule has 19 rings (SSSR count). The lowest BCUT2D eigenvalue weighted by molar-refractivity contribution is 0.569. The highest BCUT2D eigenvalue weighted by molar-refractivity contribution is 7.26. The molecule has 2 aliphatic rings. The van der Waals surface area contributed by atoms with Crippen LogP contribution in [-0.2, 0) is 27.1 Å². The third-order valence-corrected chi connectivity index (χ3v) is 25.5. The van der Waals surface area contributed by atoms with Crippen molar-refractivity contribution in [3.8, 4) is 89.0 Å². The van der Waals surface area contributed by atoms with Gasteiger partial charge in [0.1, 0.15) is 11.2 Å². The summed E-state index contributed by atoms with van der Waals surface area (Å²) in [6.07, 6.45) is 0. The number of hydrogen-bond acceptors (Lipinski definition) is 4. The van der Waals surface area contributed by atoms with Gasteiger partial charge < -0.3 is 14.2 Å². The van der Waals surface area contributed by atoms with E-state index in [1.165, 1.54) is 114 Å². The van der Waals surface area contributed by atoms with E-state index in [1.54, 1.807) is 0 Å². The van der Waals surface area contributed by atoms with Crippen LogP contribution in [0.4, 0.5) is 34.1 Å². The van der Waals surface area contributed by atoms with Gasteiger partial charge in [-0.25, -0.2) is 0 Å². The molecule has 17 aromatic rings. The quantitative estimate of drug-likeness (QED) is 0.127. The molecule has 5 heteroatoms. The van der Waals surface area contributed by atoms with E-state index < -0.39 is 0 Å². The molecule has 0 unspecified atom stereocenters. The fraction of sp³-hybridized carbons (Fsp3) is 0.182. The van der Waals surface area contributed by atoms with Crippen molar-refractivity contribution in [3.63, 3.8) is 0 Å². The van der Waals surface area contributed by atoms with Gasteiger partial charge in [-0.2, -0.15) is 0 Å². The molecule has 0 fully saturated rings. The number of furan rings is 1. The molecule has 0 spiro atoms. The normalized spacial score (nSPS) is 13.1. The van der Waals surface area contributed by atoms with Crippen LogP contribution in [0.1, 0.15) is 132 Å². The largest absolute Gasteiger partial charge is 0.456 e. The van der Waals surface area contributed by atoms with Crippen LogP contribution in [0.2, 0.25) is 0 Å². The monoisotopic (exact) mass is 1500 g/mol. The van der Waals surface area contributed by atoms with Gasteiger partial charge in [-0.15, -0.1) is 11.3 Å². The number of benzene rings is 15. The Labute approximate surface area is 683 Å². The Morgan fingerprint density at radius 3 is 1.19 bits per heavy atom. The lowest BCUT2D eigenvalue weighted by Crippen LogP contribution is -2.61. The maximum absolute atomic E-state index is 7.01. The van der Waals surface area contributed by atoms with Crippen molar-refractivity contribution in [1.29, 1.82) is 0 Å². The van der Waals surface area contributed by atoms with Crippen LogP contribution >= 0.6 is 11.3 Å². The molecule has 562 valence electrons. The van der Waals surface area contributed by atoms with Crippen LogP contribution < -0.4 is 26.2 Å². The molecule has 2 aliphatic heterocycles. The Balaban J connectivity index is 1.02. The summed E-state index contributed by atoms with van der Waals surface area (Å²) in [6.45, 7) is 35.4. The fourth-order valence-electron chi connectivity index (χ4n) is 18.0. The van der Waals surface area contributed by atoms with Gasteiger partial charge in [-0.1, -0.05) is 328 Å². The first-order chi connectivity index (χ1) is 55.2. The van der Waals surface area contributed by atoms with E-state index in [4.69, 9.17) is 4.42 Å². The fourth-order valence-corrected chi connectivity index (χ4v) is 19.2. The van der Waals surface area contributed by atoms with Crippen molar-refractivity contribution >= 4 is 111 Å². The van der Waals surface area contributed by atoms with Crippen molar-refractivity contribution in [2.45, 2.75) is 131 Å². The molecule has 0 bridgehead atoms. The molecule has 0 saturated heterocycles. The topological polar surface area (TPSA) is 19.6 Å². The summed E-state index contributed by atoms with van der Waals surface area (Å²) in [5, 5.41) is 4.70. The highest BCUT2D eigenvalue weighted by atomic mass is 32.1. The Kier molecular flexibility index (Phi) is 17.4. The second-order valence-corrected chi connectivity index (χ2v) is 38.4. The van der Waals surface area contributed by atoms with E-state index in [1.807, 2.05) is 11.3 Å². The minimum Gasteiger partial charge on any atom is -0.456 e. The van der Waals surface area contributed by atoms with Crippen molar-refractivity contribution in [1.82, 2.24) is 0 Å². The smallest absolute Gasteiger partial charge is 0.252 e. The summed E-state index contributed by atoms with van der Waals surface area (Å²) in [4.78, 5) is 5.54. The minimum atomic E-state index is -0.369. The van der Waals surface area contributed by atoms with Crippen LogP contribution in [0.5, 0.6) is 0 Å². The number of anilines is 6. The van der Waals surface area contributed by atoms with E-state index in [2.05, 4.69) is 429 Å². The van der Waals surface area contributed by atoms with Crippen LogP contribution in [0.25, 0.3) is 131 Å². The number of nitrogens with zero attached hydrogens (tertiary/aromatic N) is 2. The number of thiophene rings is 1. The summed E-state index contributed by atoms with van der Waals surface area (Å²) in [6, 6.07) is 121. The zero-order valence-corrected chi connectivity index (χ0v) is 69.6. The van der Waals surface area contributed by atoms with Crippen LogP contribution in [0.15, 0.2) is 320 Å². The standard InChI is InChI=1S/C110H97BN2OS/c1-106(2,3)78-57-77(58-79(61-78)107(4,5)6)73-50-52-91-94(60-73)113(104-87(70-38-24-18-25-39-70)62-80(108(7,8)9)63-88(104)71-40-26-19-27-41-71)96-67-82(110(13,14)15)66-95-103(96)111(91)92-59-72(76-55-74(68-34-20-16-21-35-68)54-75(56-76)69-36-22-17-23-37-69)51-53-93(92)112(95)105-89(83-44-32-47-98-101(83)85-42-28-30-46-97(85)114-98)64-81(109(10,11)12)65-90(105)84-45-33-49-100-102(84)86-43-29-31-48-99(86)115-100/h16-67H,1-15H3. The van der Waals surface area contributed by atoms with Gasteiger partial charge >= 0.3 is 0 Å². The first-order valence-corrected chi connectivity index (χ1v) is 41.8. The van der Waals surface area contributed by atoms with Gasteiger partial charge in [0.05, 0.1) is 11.4 Å². The number of hydrogen-bond donors (Lipinski definition) is 0. The zero-order valence-electron chi connectivity index (χ0n) is 68.8. The molecule has 3 nitrogen and oxygen atoms in total. The predicted molar refractivity (Wildman–Crippen MR) is 498 cm³/mol. The van der Waals surface area contributed by atoms with E-state index >= 15 is 0 Å². The second kappa shape index (κ2) is 27.4. The minimum absolute atomic E-state index is 0.119. The Morgan fingerprint density at radius 2 is 0.643 bits per heavy atom. The number of rotatable bonds is 10. The third kappa shape index (κ3) is 12.8. The lowest BCUT2D eigenvalue weighted by Gasteiger charge is -2.47. The summed E-state index contributed by atoms with van der Waals surface area (Å²) in [5.74, 6) is 0. The summed E-state index contributed by atoms with van der Waals surface area (Å²) in [5.41, 5.74) is 36.1. The Morgan fingerprint density at radius 1 is 0.243 bits per heavy atom. The molecule has 0 aliphatic carbocycles. The molecule has 0 saturated carbocycles. The van der Waals surface area contributed by atoms with Crippen molar-refractivity contribution in [3.05, 3.63) is 343 Å². The first kappa shape index (κ1) is 73.2. The van der Waals surface area contributed by atoms with Gasteiger partial charge in [0.2, 0.25) is 0 Å². The molecule has 115 heavy (non-hydrogen) atoms. The van der Waals surface area contributed by atoms with Gasteiger partial charge in [0.25, 0.3) is 6.71 Å². The van der Waals surface area contributed by atoms with Gasteiger partial charge in [0.15, 0.2) is 0 Å². The second-order valence-electron chi connectivity index (χ2n) is 37.3. The summed E-state index contributed by atoms with van der Waals surface area (Å²) in [7, 11) is 0. The molecule has 0 radical (unpaired) electrons. The predicted octanol–water partition coefficient (Wildman–Crippen LogP) is 29.9. The molecule has 0 amide bonds. The van der Waals surface area contributed by atoms with Gasteiger partial charge in [-0.05, 0) is 229 Å². The van der Waals surface area contributed by atoms with Crippen molar-refractivity contribution < 1.29 is 4.42 Å². The van der Waals surface area contributed by atoms with Crippen LogP contribution in [-0.4, -0.2) is 6.71 Å². The Bertz CT molecular complexity index is 6440. The molecular weight excluding hydrogens is 1410 g/mol. The highest BCUT2D eigenvalue weighted by Crippen LogP contribution is 2.58. The van der Waals surface area contributed by atoms with Crippen LogP contribution in [0.3, 0.4) is 0 Å². The molecule has 4 heterocycles. The summed E-state index contributed by atoms with van der Waals surface area (Å²) < 4.78 is 9.53. The van der Waals surface area contributed by atoms with E-state index in [-0.39, 0.29) is 33.8 Å². The Hall–Kier alpha value is -12.0. The zero-order chi connectivity index (χ0) is 79.4. The highest BCUT2D eigenvalue weighted by Gasteiger charge is 2.47. The molecule has 0 atom stereocenters. The van der Waals surface area contributed by atoms with Crippen molar-refractivity contribution in [2.75, 3.05) is 9.80 Å². The number of fused-ring (bicyclic) bond motifs is 10. The SMILES string of the molecule is CC(C)(C)c1cc(-c2ccc3c(c2)N(c2c(-c4ccccc4)cc(C(C)(C)C)cc2-c2ccccc2)c2cc(C(C)(C)C)cc4c2B3c2cc(-c3cc(-c5ccccc5)cc(-c5ccccc5)c3)ccc2N4c2c(-c3cccc4oc5ccccc5c34)cc(C(C)(C)C)cc2-c2cccc3sc4ccccc4c23)cc(C(C)(C)C)c1. The first-order valence-electron chi connectivity index (χ1n) is 41.0. The average Bonchev–Trinajstić information content (AvgIpc) is 1.45. The van der Waals surface area contributed by atoms with Crippen molar-refractivity contribution in [2.24, 2.45) is 0 Å². The van der Waals surface area contributed by atoms with E-state index in [0.29, 0.717) is 0 Å². The van der Waals surface area contributed by atoms with Gasteiger partial charge in [-0.3, -0.25) is 0 Å². The summed E-state index contributed by atoms with van der Waals surface area (Å²) >= 11 is 1.88. The third-order valence-electron chi connectivity index (χ3n) is 24.4. The van der Waals surface area contributed by atoms with E-state index in [9.17, 15) is 0 Å². The lowest BCUT2D eigenvalue weighted by atomic mass is 9.33. The van der Waals surface area contributed by atoms with E-state index in [0.717, 1.165) is 95.0 Å². The molecular formula is C110H97BN2OS. The molecule has 0 N–H and O–H groups in total. The molecule has 15 aromatic carbocycles. The maximum Gasteiger partial charge on any atom is 0.252 e. The average molecular weight is 1510 g/mol. The maximum atomic E-state index is 7.01. The van der Waals surface area contributed by atoms with Crippen LogP contribution in [0, 0.1) is 0 Å².